The number of benzene rings is 6. The van der Waals surface area contributed by atoms with Gasteiger partial charge in [0.2, 0.25) is 0 Å². The maximum atomic E-state index is 15.4. The zero-order chi connectivity index (χ0) is 25.8. The lowest BCUT2D eigenvalue weighted by Gasteiger charge is -2.24. The standard InChI is InChI=1S/C35H27O2P/c36-38(29-17-6-2-7-18-29,30-19-8-3-9-20-30)34-23-13-12-22-32(34)35-31-21-11-10-16-28(31)24-25-33(35)37-26-27-14-4-1-5-15-27/h1-25H,26H2. The van der Waals surface area contributed by atoms with Gasteiger partial charge in [-0.3, -0.25) is 0 Å². The first-order chi connectivity index (χ1) is 18.7. The second-order valence-electron chi connectivity index (χ2n) is 9.23. The summed E-state index contributed by atoms with van der Waals surface area (Å²) in [5.41, 5.74) is 2.98. The number of ether oxygens (including phenoxy) is 1. The second-order valence-corrected chi connectivity index (χ2v) is 12.0. The molecule has 38 heavy (non-hydrogen) atoms. The number of hydrogen-bond acceptors (Lipinski definition) is 2. The van der Waals surface area contributed by atoms with Crippen LogP contribution >= 0.6 is 7.14 Å². The molecule has 6 rings (SSSR count). The van der Waals surface area contributed by atoms with Gasteiger partial charge in [-0.2, -0.15) is 0 Å². The molecule has 6 aromatic carbocycles. The minimum Gasteiger partial charge on any atom is -0.488 e. The van der Waals surface area contributed by atoms with Crippen LogP contribution in [0.2, 0.25) is 0 Å². The van der Waals surface area contributed by atoms with Crippen molar-refractivity contribution in [2.75, 3.05) is 0 Å². The molecule has 184 valence electrons. The van der Waals surface area contributed by atoms with Crippen LogP contribution in [-0.2, 0) is 11.2 Å². The van der Waals surface area contributed by atoms with Crippen molar-refractivity contribution in [3.63, 3.8) is 0 Å². The lowest BCUT2D eigenvalue weighted by molar-refractivity contribution is 0.308. The molecule has 0 spiro atoms. The summed E-state index contributed by atoms with van der Waals surface area (Å²) in [6.07, 6.45) is 0. The average Bonchev–Trinajstić information content (AvgIpc) is 3.00. The summed E-state index contributed by atoms with van der Waals surface area (Å²) >= 11 is 0. The van der Waals surface area contributed by atoms with E-state index >= 15 is 4.57 Å². The summed E-state index contributed by atoms with van der Waals surface area (Å²) in [4.78, 5) is 0. The molecule has 0 aliphatic heterocycles. The molecular weight excluding hydrogens is 483 g/mol. The van der Waals surface area contributed by atoms with Crippen molar-refractivity contribution in [1.29, 1.82) is 0 Å². The third-order valence-electron chi connectivity index (χ3n) is 6.88. The highest BCUT2D eigenvalue weighted by atomic mass is 31.2. The van der Waals surface area contributed by atoms with Gasteiger partial charge in [0.15, 0.2) is 7.14 Å². The lowest BCUT2D eigenvalue weighted by atomic mass is 9.97. The Balaban J connectivity index is 1.60. The molecule has 0 aliphatic rings. The maximum absolute atomic E-state index is 15.4. The lowest BCUT2D eigenvalue weighted by Crippen LogP contribution is -2.26. The summed E-state index contributed by atoms with van der Waals surface area (Å²) < 4.78 is 21.9. The van der Waals surface area contributed by atoms with Crippen LogP contribution in [-0.4, -0.2) is 0 Å². The number of fused-ring (bicyclic) bond motifs is 1. The van der Waals surface area contributed by atoms with Gasteiger partial charge < -0.3 is 9.30 Å². The molecule has 0 radical (unpaired) electrons. The summed E-state index contributed by atoms with van der Waals surface area (Å²) in [5.74, 6) is 0.771. The van der Waals surface area contributed by atoms with Gasteiger partial charge in [0.25, 0.3) is 0 Å². The summed E-state index contributed by atoms with van der Waals surface area (Å²) in [7, 11) is -3.21. The molecule has 0 unspecified atom stereocenters. The monoisotopic (exact) mass is 510 g/mol. The third kappa shape index (κ3) is 4.45. The van der Waals surface area contributed by atoms with E-state index in [1.54, 1.807) is 0 Å². The Morgan fingerprint density at radius 3 is 1.76 bits per heavy atom. The average molecular weight is 511 g/mol. The molecule has 0 atom stereocenters. The van der Waals surface area contributed by atoms with Crippen molar-refractivity contribution in [2.24, 2.45) is 0 Å². The molecule has 0 heterocycles. The maximum Gasteiger partial charge on any atom is 0.171 e. The predicted octanol–water partition coefficient (Wildman–Crippen LogP) is 7.73. The van der Waals surface area contributed by atoms with Crippen LogP contribution < -0.4 is 20.7 Å². The van der Waals surface area contributed by atoms with E-state index in [1.807, 2.05) is 115 Å². The summed E-state index contributed by atoms with van der Waals surface area (Å²) in [6.45, 7) is 0.448. The van der Waals surface area contributed by atoms with Crippen molar-refractivity contribution in [2.45, 2.75) is 6.61 Å². The van der Waals surface area contributed by atoms with Crippen LogP contribution in [0.25, 0.3) is 21.9 Å². The van der Waals surface area contributed by atoms with Gasteiger partial charge in [0.05, 0.1) is 0 Å². The van der Waals surface area contributed by atoms with Gasteiger partial charge in [0.1, 0.15) is 12.4 Å². The van der Waals surface area contributed by atoms with Crippen molar-refractivity contribution in [3.8, 4) is 16.9 Å². The van der Waals surface area contributed by atoms with Gasteiger partial charge in [-0.1, -0.05) is 146 Å². The Labute approximate surface area is 223 Å². The normalized spacial score (nSPS) is 11.4. The Morgan fingerprint density at radius 2 is 1.08 bits per heavy atom. The molecule has 0 aromatic heterocycles. The van der Waals surface area contributed by atoms with E-state index < -0.39 is 7.14 Å². The van der Waals surface area contributed by atoms with Gasteiger partial charge in [-0.25, -0.2) is 0 Å². The molecule has 6 aromatic rings. The van der Waals surface area contributed by atoms with E-state index in [4.69, 9.17) is 4.74 Å². The van der Waals surface area contributed by atoms with Gasteiger partial charge in [-0.05, 0) is 28.0 Å². The minimum atomic E-state index is -3.21. The minimum absolute atomic E-state index is 0.448. The molecular formula is C35H27O2P. The smallest absolute Gasteiger partial charge is 0.171 e. The van der Waals surface area contributed by atoms with Crippen molar-refractivity contribution >= 4 is 33.8 Å². The molecule has 0 saturated heterocycles. The molecule has 0 amide bonds. The molecule has 0 fully saturated rings. The Hall–Kier alpha value is -4.39. The van der Waals surface area contributed by atoms with Crippen molar-refractivity contribution in [1.82, 2.24) is 0 Å². The van der Waals surface area contributed by atoms with Crippen LogP contribution in [0.3, 0.4) is 0 Å². The third-order valence-corrected chi connectivity index (χ3v) is 10.00. The Kier molecular flexibility index (Phi) is 6.65. The first kappa shape index (κ1) is 24.0. The fourth-order valence-corrected chi connectivity index (χ4v) is 7.91. The zero-order valence-corrected chi connectivity index (χ0v) is 21.8. The van der Waals surface area contributed by atoms with E-state index in [-0.39, 0.29) is 0 Å². The highest BCUT2D eigenvalue weighted by Gasteiger charge is 2.33. The molecule has 0 N–H and O–H groups in total. The molecule has 2 nitrogen and oxygen atoms in total. The molecule has 0 saturated carbocycles. The largest absolute Gasteiger partial charge is 0.488 e. The zero-order valence-electron chi connectivity index (χ0n) is 20.9. The quantitative estimate of drug-likeness (QED) is 0.206. The van der Waals surface area contributed by atoms with E-state index in [2.05, 4.69) is 36.4 Å². The van der Waals surface area contributed by atoms with Crippen LogP contribution in [0.5, 0.6) is 5.75 Å². The summed E-state index contributed by atoms with van der Waals surface area (Å²) in [6, 6.07) is 50.3. The Morgan fingerprint density at radius 1 is 0.526 bits per heavy atom. The highest BCUT2D eigenvalue weighted by Crippen LogP contribution is 2.47. The Bertz CT molecular complexity index is 1690. The highest BCUT2D eigenvalue weighted by molar-refractivity contribution is 7.85. The van der Waals surface area contributed by atoms with Gasteiger partial charge >= 0.3 is 0 Å². The molecule has 0 aliphatic carbocycles. The van der Waals surface area contributed by atoms with Gasteiger partial charge in [0, 0.05) is 21.5 Å². The molecule has 3 heteroatoms. The van der Waals surface area contributed by atoms with E-state index in [0.717, 1.165) is 49.1 Å². The predicted molar refractivity (Wildman–Crippen MR) is 160 cm³/mol. The van der Waals surface area contributed by atoms with Gasteiger partial charge in [-0.15, -0.1) is 0 Å². The van der Waals surface area contributed by atoms with E-state index in [9.17, 15) is 0 Å². The molecule has 0 bridgehead atoms. The van der Waals surface area contributed by atoms with Crippen LogP contribution in [0.15, 0.2) is 152 Å². The SMILES string of the molecule is O=P(c1ccccc1)(c1ccccc1)c1ccccc1-c1c(OCc2ccccc2)ccc2ccccc12. The fourth-order valence-electron chi connectivity index (χ4n) is 5.05. The number of hydrogen-bond donors (Lipinski definition) is 0. The van der Waals surface area contributed by atoms with Crippen LogP contribution in [0, 0.1) is 0 Å². The summed E-state index contributed by atoms with van der Waals surface area (Å²) in [5, 5.41) is 4.60. The van der Waals surface area contributed by atoms with Crippen LogP contribution in [0.1, 0.15) is 5.56 Å². The number of rotatable bonds is 7. The first-order valence-corrected chi connectivity index (χ1v) is 14.5. The second kappa shape index (κ2) is 10.5. The van der Waals surface area contributed by atoms with E-state index in [1.165, 1.54) is 0 Å². The van der Waals surface area contributed by atoms with Crippen molar-refractivity contribution < 1.29 is 9.30 Å². The topological polar surface area (TPSA) is 26.3 Å². The van der Waals surface area contributed by atoms with Crippen LogP contribution in [0.4, 0.5) is 0 Å². The fraction of sp³-hybridized carbons (Fsp3) is 0.0286. The van der Waals surface area contributed by atoms with E-state index in [0.29, 0.717) is 6.61 Å². The van der Waals surface area contributed by atoms with Crippen molar-refractivity contribution in [3.05, 3.63) is 157 Å². The first-order valence-electron chi connectivity index (χ1n) is 12.7.